The molecule has 1 aliphatic rings. The Hall–Kier alpha value is -2.92. The van der Waals surface area contributed by atoms with Gasteiger partial charge in [-0.25, -0.2) is 12.7 Å². The lowest BCUT2D eigenvalue weighted by molar-refractivity contribution is 0.0865. The van der Waals surface area contributed by atoms with Gasteiger partial charge in [-0.15, -0.1) is 0 Å². The second-order valence-electron chi connectivity index (χ2n) is 6.82. The third kappa shape index (κ3) is 2.84. The van der Waals surface area contributed by atoms with Crippen LogP contribution in [-0.4, -0.2) is 18.6 Å². The Labute approximate surface area is 159 Å². The second-order valence-corrected chi connectivity index (χ2v) is 8.64. The van der Waals surface area contributed by atoms with E-state index < -0.39 is 22.0 Å². The molecule has 136 valence electrons. The van der Waals surface area contributed by atoms with Gasteiger partial charge in [0, 0.05) is 5.56 Å². The average molecular weight is 377 g/mol. The van der Waals surface area contributed by atoms with Gasteiger partial charge in [0.15, 0.2) is 0 Å². The second kappa shape index (κ2) is 6.35. The first-order valence-electron chi connectivity index (χ1n) is 8.70. The number of amides is 1. The monoisotopic (exact) mass is 377 g/mol. The van der Waals surface area contributed by atoms with Crippen molar-refractivity contribution in [3.05, 3.63) is 101 Å². The van der Waals surface area contributed by atoms with Gasteiger partial charge in [-0.2, -0.15) is 0 Å². The average Bonchev–Trinajstić information content (AvgIpc) is 2.95. The molecule has 1 heterocycles. The molecule has 1 amide bonds. The van der Waals surface area contributed by atoms with Gasteiger partial charge in [0.05, 0.1) is 10.9 Å². The number of aryl methyl sites for hydroxylation is 2. The third-order valence-corrected chi connectivity index (χ3v) is 6.62. The smallest absolute Gasteiger partial charge is 0.268 e. The van der Waals surface area contributed by atoms with Gasteiger partial charge >= 0.3 is 0 Å². The van der Waals surface area contributed by atoms with Crippen LogP contribution in [0.15, 0.2) is 77.7 Å². The molecule has 3 aromatic rings. The maximum absolute atomic E-state index is 13.4. The minimum Gasteiger partial charge on any atom is -0.268 e. The number of carbonyl (C=O) groups is 1. The van der Waals surface area contributed by atoms with Crippen molar-refractivity contribution in [2.24, 2.45) is 0 Å². The van der Waals surface area contributed by atoms with Crippen LogP contribution in [0, 0.1) is 13.8 Å². The van der Waals surface area contributed by atoms with Crippen molar-refractivity contribution in [2.75, 3.05) is 0 Å². The Morgan fingerprint density at radius 2 is 1.44 bits per heavy atom. The van der Waals surface area contributed by atoms with Crippen molar-refractivity contribution in [1.82, 2.24) is 4.31 Å². The lowest BCUT2D eigenvalue weighted by Gasteiger charge is -2.25. The molecule has 0 fully saturated rings. The number of hydrogen-bond acceptors (Lipinski definition) is 3. The van der Waals surface area contributed by atoms with Crippen LogP contribution in [-0.2, 0) is 10.0 Å². The van der Waals surface area contributed by atoms with E-state index in [9.17, 15) is 13.2 Å². The number of sulfonamides is 1. The first-order valence-corrected chi connectivity index (χ1v) is 10.1. The van der Waals surface area contributed by atoms with Crippen LogP contribution >= 0.6 is 0 Å². The molecule has 5 heteroatoms. The fraction of sp³-hybridized carbons (Fsp3) is 0.136. The van der Waals surface area contributed by atoms with Crippen molar-refractivity contribution in [3.8, 4) is 0 Å². The van der Waals surface area contributed by atoms with Crippen molar-refractivity contribution in [3.63, 3.8) is 0 Å². The van der Waals surface area contributed by atoms with E-state index in [1.165, 1.54) is 0 Å². The molecule has 0 N–H and O–H groups in total. The first-order chi connectivity index (χ1) is 12.9. The molecule has 0 aromatic heterocycles. The summed E-state index contributed by atoms with van der Waals surface area (Å²) in [7, 11) is -4.00. The molecule has 1 aliphatic heterocycles. The number of nitrogens with zero attached hydrogens (tertiary/aromatic N) is 1. The summed E-state index contributed by atoms with van der Waals surface area (Å²) in [6.45, 7) is 3.83. The number of rotatable bonds is 3. The predicted molar refractivity (Wildman–Crippen MR) is 104 cm³/mol. The van der Waals surface area contributed by atoms with Crippen LogP contribution in [0.25, 0.3) is 0 Å². The van der Waals surface area contributed by atoms with Crippen LogP contribution in [0.5, 0.6) is 0 Å². The molecular formula is C22H19NO3S. The molecule has 0 aliphatic carbocycles. The number of fused-ring (bicyclic) bond motifs is 1. The Balaban J connectivity index is 1.93. The van der Waals surface area contributed by atoms with Gasteiger partial charge in [-0.3, -0.25) is 4.79 Å². The van der Waals surface area contributed by atoms with Crippen LogP contribution in [0.1, 0.15) is 38.7 Å². The summed E-state index contributed by atoms with van der Waals surface area (Å²) >= 11 is 0. The zero-order valence-corrected chi connectivity index (χ0v) is 15.9. The van der Waals surface area contributed by atoms with Gasteiger partial charge in [0.1, 0.15) is 0 Å². The predicted octanol–water partition coefficient (Wildman–Crippen LogP) is 4.24. The lowest BCUT2D eigenvalue weighted by Crippen LogP contribution is -2.35. The molecule has 0 radical (unpaired) electrons. The van der Waals surface area contributed by atoms with Crippen LogP contribution in [0.4, 0.5) is 0 Å². The van der Waals surface area contributed by atoms with E-state index in [0.29, 0.717) is 5.56 Å². The van der Waals surface area contributed by atoms with Gasteiger partial charge < -0.3 is 0 Å². The minimum absolute atomic E-state index is 0.118. The lowest BCUT2D eigenvalue weighted by atomic mass is 9.97. The molecule has 4 nitrogen and oxygen atoms in total. The van der Waals surface area contributed by atoms with Gasteiger partial charge in [-0.05, 0) is 43.2 Å². The summed E-state index contributed by atoms with van der Waals surface area (Å²) in [5.41, 5.74) is 3.87. The Morgan fingerprint density at radius 1 is 0.815 bits per heavy atom. The molecule has 3 aromatic carbocycles. The standard InChI is InChI=1S/C22H19NO3S/c1-15-8-11-18(12-9-15)27(25,26)23-21(17-6-4-3-5-7-17)20-14-16(2)10-13-19(20)22(23)24/h3-14,21H,1-2H3. The SMILES string of the molecule is Cc1ccc(S(=O)(=O)N2C(=O)c3ccc(C)cc3C2c2ccccc2)cc1. The van der Waals surface area contributed by atoms with Crippen LogP contribution < -0.4 is 0 Å². The summed E-state index contributed by atoms with van der Waals surface area (Å²) in [6, 6.07) is 20.6. The minimum atomic E-state index is -4.00. The molecular weight excluding hydrogens is 358 g/mol. The zero-order valence-electron chi connectivity index (χ0n) is 15.1. The molecule has 0 saturated heterocycles. The number of carbonyl (C=O) groups excluding carboxylic acids is 1. The molecule has 0 bridgehead atoms. The Bertz CT molecular complexity index is 1120. The van der Waals surface area contributed by atoms with Gasteiger partial charge in [0.25, 0.3) is 15.9 Å². The van der Waals surface area contributed by atoms with E-state index in [1.807, 2.05) is 56.3 Å². The molecule has 1 atom stereocenters. The fourth-order valence-corrected chi connectivity index (χ4v) is 5.02. The fourth-order valence-electron chi connectivity index (χ4n) is 3.49. The van der Waals surface area contributed by atoms with Gasteiger partial charge in [0.2, 0.25) is 0 Å². The van der Waals surface area contributed by atoms with E-state index in [0.717, 1.165) is 26.6 Å². The Morgan fingerprint density at radius 3 is 2.11 bits per heavy atom. The quantitative estimate of drug-likeness (QED) is 0.686. The summed E-state index contributed by atoms with van der Waals surface area (Å²) in [4.78, 5) is 13.2. The Kier molecular flexibility index (Phi) is 4.12. The van der Waals surface area contributed by atoms with Crippen LogP contribution in [0.2, 0.25) is 0 Å². The van der Waals surface area contributed by atoms with E-state index in [1.54, 1.807) is 30.3 Å². The molecule has 4 rings (SSSR count). The summed E-state index contributed by atoms with van der Waals surface area (Å²) < 4.78 is 27.8. The summed E-state index contributed by atoms with van der Waals surface area (Å²) in [5, 5.41) is 0. The van der Waals surface area contributed by atoms with E-state index >= 15 is 0 Å². The highest BCUT2D eigenvalue weighted by Gasteiger charge is 2.45. The summed E-state index contributed by atoms with van der Waals surface area (Å²) in [5.74, 6) is -0.487. The maximum atomic E-state index is 13.4. The van der Waals surface area contributed by atoms with Crippen molar-refractivity contribution < 1.29 is 13.2 Å². The van der Waals surface area contributed by atoms with E-state index in [2.05, 4.69) is 0 Å². The van der Waals surface area contributed by atoms with Crippen molar-refractivity contribution in [1.29, 1.82) is 0 Å². The zero-order chi connectivity index (χ0) is 19.2. The maximum Gasteiger partial charge on any atom is 0.268 e. The molecule has 0 spiro atoms. The molecule has 1 unspecified atom stereocenters. The topological polar surface area (TPSA) is 54.5 Å². The summed E-state index contributed by atoms with van der Waals surface area (Å²) in [6.07, 6.45) is 0. The van der Waals surface area contributed by atoms with Crippen LogP contribution in [0.3, 0.4) is 0 Å². The largest absolute Gasteiger partial charge is 0.268 e. The van der Waals surface area contributed by atoms with Crippen molar-refractivity contribution in [2.45, 2.75) is 24.8 Å². The first kappa shape index (κ1) is 17.5. The van der Waals surface area contributed by atoms with E-state index in [-0.39, 0.29) is 4.90 Å². The number of benzene rings is 3. The van der Waals surface area contributed by atoms with Gasteiger partial charge in [-0.1, -0.05) is 65.7 Å². The highest BCUT2D eigenvalue weighted by molar-refractivity contribution is 7.89. The molecule has 0 saturated carbocycles. The normalized spacial score (nSPS) is 16.4. The number of hydrogen-bond donors (Lipinski definition) is 0. The van der Waals surface area contributed by atoms with E-state index in [4.69, 9.17) is 0 Å². The highest BCUT2D eigenvalue weighted by Crippen LogP contribution is 2.42. The highest BCUT2D eigenvalue weighted by atomic mass is 32.2. The van der Waals surface area contributed by atoms with Crippen molar-refractivity contribution >= 4 is 15.9 Å². The molecule has 27 heavy (non-hydrogen) atoms. The third-order valence-electron chi connectivity index (χ3n) is 4.86.